The molecule has 152 valence electrons. The summed E-state index contributed by atoms with van der Waals surface area (Å²) >= 11 is 1.16. The van der Waals surface area contributed by atoms with Crippen molar-refractivity contribution in [1.82, 2.24) is 10.2 Å². The number of aryl methyl sites for hydroxylation is 2. The van der Waals surface area contributed by atoms with Crippen LogP contribution in [0.2, 0.25) is 0 Å². The van der Waals surface area contributed by atoms with E-state index in [-0.39, 0.29) is 18.3 Å². The van der Waals surface area contributed by atoms with Crippen LogP contribution >= 0.6 is 11.8 Å². The Bertz CT molecular complexity index is 1000. The summed E-state index contributed by atoms with van der Waals surface area (Å²) in [6, 6.07) is 11.5. The average Bonchev–Trinajstić information content (AvgIpc) is 3.16. The minimum absolute atomic E-state index is 0.135. The number of amides is 1. The smallest absolute Gasteiger partial charge is 0.277 e. The van der Waals surface area contributed by atoms with Gasteiger partial charge in [0.15, 0.2) is 6.61 Å². The highest BCUT2D eigenvalue weighted by Crippen LogP contribution is 2.26. The molecule has 1 aromatic heterocycles. The zero-order chi connectivity index (χ0) is 20.8. The van der Waals surface area contributed by atoms with Crippen LogP contribution in [0.4, 0.5) is 5.69 Å². The molecule has 2 aromatic carbocycles. The molecule has 0 aliphatic heterocycles. The van der Waals surface area contributed by atoms with Gasteiger partial charge in [0, 0.05) is 0 Å². The highest BCUT2D eigenvalue weighted by molar-refractivity contribution is 7.99. The SMILES string of the molecule is COc1ccc(C)cc1NC(=O)CSc1nnc(COc2cccc(C)c2C)o1. The van der Waals surface area contributed by atoms with E-state index >= 15 is 0 Å². The molecule has 0 fully saturated rings. The number of nitrogens with one attached hydrogen (secondary N) is 1. The molecule has 29 heavy (non-hydrogen) atoms. The summed E-state index contributed by atoms with van der Waals surface area (Å²) in [6.45, 7) is 6.15. The quantitative estimate of drug-likeness (QED) is 0.551. The molecule has 0 saturated heterocycles. The van der Waals surface area contributed by atoms with Crippen molar-refractivity contribution >= 4 is 23.4 Å². The van der Waals surface area contributed by atoms with Crippen LogP contribution in [0.25, 0.3) is 0 Å². The number of carbonyl (C=O) groups is 1. The van der Waals surface area contributed by atoms with Gasteiger partial charge in [-0.3, -0.25) is 4.79 Å². The molecule has 0 unspecified atom stereocenters. The van der Waals surface area contributed by atoms with Crippen LogP contribution in [0.5, 0.6) is 11.5 Å². The van der Waals surface area contributed by atoms with E-state index < -0.39 is 0 Å². The predicted octanol–water partition coefficient (Wildman–Crippen LogP) is 4.31. The Morgan fingerprint density at radius 3 is 2.76 bits per heavy atom. The molecule has 1 heterocycles. The summed E-state index contributed by atoms with van der Waals surface area (Å²) < 4.78 is 16.6. The van der Waals surface area contributed by atoms with Crippen molar-refractivity contribution < 1.29 is 18.7 Å². The Morgan fingerprint density at radius 2 is 1.97 bits per heavy atom. The Morgan fingerprint density at radius 1 is 1.14 bits per heavy atom. The zero-order valence-corrected chi connectivity index (χ0v) is 17.6. The molecule has 3 aromatic rings. The largest absolute Gasteiger partial charge is 0.495 e. The van der Waals surface area contributed by atoms with Gasteiger partial charge in [0.2, 0.25) is 5.91 Å². The molecule has 1 amide bonds. The maximum absolute atomic E-state index is 12.3. The van der Waals surface area contributed by atoms with E-state index in [1.54, 1.807) is 7.11 Å². The molecule has 3 rings (SSSR count). The van der Waals surface area contributed by atoms with Gasteiger partial charge in [0.05, 0.1) is 18.6 Å². The Kier molecular flexibility index (Phi) is 6.77. The van der Waals surface area contributed by atoms with E-state index in [1.807, 2.05) is 57.2 Å². The van der Waals surface area contributed by atoms with Crippen molar-refractivity contribution in [3.05, 3.63) is 59.0 Å². The lowest BCUT2D eigenvalue weighted by Gasteiger charge is -2.10. The summed E-state index contributed by atoms with van der Waals surface area (Å²) in [6.07, 6.45) is 0. The number of carbonyl (C=O) groups excluding carboxylic acids is 1. The minimum Gasteiger partial charge on any atom is -0.495 e. The molecule has 0 aliphatic rings. The van der Waals surface area contributed by atoms with Gasteiger partial charge in [-0.1, -0.05) is 30.0 Å². The van der Waals surface area contributed by atoms with Crippen molar-refractivity contribution in [2.45, 2.75) is 32.6 Å². The lowest BCUT2D eigenvalue weighted by molar-refractivity contribution is -0.113. The molecule has 0 saturated carbocycles. The summed E-state index contributed by atoms with van der Waals surface area (Å²) in [5.41, 5.74) is 3.88. The number of thioether (sulfide) groups is 1. The number of ether oxygens (including phenoxy) is 2. The van der Waals surface area contributed by atoms with Gasteiger partial charge in [-0.15, -0.1) is 10.2 Å². The van der Waals surface area contributed by atoms with Crippen LogP contribution in [0.1, 0.15) is 22.6 Å². The summed E-state index contributed by atoms with van der Waals surface area (Å²) in [5.74, 6) is 1.69. The number of rotatable bonds is 8. The monoisotopic (exact) mass is 413 g/mol. The lowest BCUT2D eigenvalue weighted by atomic mass is 10.1. The Balaban J connectivity index is 1.52. The molecule has 0 atom stereocenters. The molecule has 0 bridgehead atoms. The van der Waals surface area contributed by atoms with E-state index in [9.17, 15) is 4.79 Å². The third-order valence-electron chi connectivity index (χ3n) is 4.31. The van der Waals surface area contributed by atoms with Crippen LogP contribution in [0.3, 0.4) is 0 Å². The van der Waals surface area contributed by atoms with Gasteiger partial charge in [-0.05, 0) is 55.7 Å². The van der Waals surface area contributed by atoms with Crippen LogP contribution in [0.15, 0.2) is 46.0 Å². The van der Waals surface area contributed by atoms with Gasteiger partial charge in [0.25, 0.3) is 11.1 Å². The fourth-order valence-electron chi connectivity index (χ4n) is 2.61. The Hall–Kier alpha value is -3.00. The highest BCUT2D eigenvalue weighted by Gasteiger charge is 2.13. The lowest BCUT2D eigenvalue weighted by Crippen LogP contribution is -2.14. The van der Waals surface area contributed by atoms with Crippen LogP contribution in [0, 0.1) is 20.8 Å². The zero-order valence-electron chi connectivity index (χ0n) is 16.8. The molecule has 0 spiro atoms. The fraction of sp³-hybridized carbons (Fsp3) is 0.286. The third-order valence-corrected chi connectivity index (χ3v) is 5.13. The first kappa shape index (κ1) is 20.7. The molecule has 1 N–H and O–H groups in total. The number of aromatic nitrogens is 2. The number of nitrogens with zero attached hydrogens (tertiary/aromatic N) is 2. The van der Waals surface area contributed by atoms with Crippen molar-refractivity contribution in [2.75, 3.05) is 18.2 Å². The molecular weight excluding hydrogens is 390 g/mol. The van der Waals surface area contributed by atoms with Crippen molar-refractivity contribution in [3.8, 4) is 11.5 Å². The van der Waals surface area contributed by atoms with Gasteiger partial charge in [-0.2, -0.15) is 0 Å². The summed E-state index contributed by atoms with van der Waals surface area (Å²) in [4.78, 5) is 12.3. The first-order chi connectivity index (χ1) is 14.0. The third kappa shape index (κ3) is 5.51. The van der Waals surface area contributed by atoms with E-state index in [0.717, 1.165) is 34.2 Å². The van der Waals surface area contributed by atoms with E-state index in [0.29, 0.717) is 22.6 Å². The van der Waals surface area contributed by atoms with Crippen molar-refractivity contribution in [1.29, 1.82) is 0 Å². The molecule has 0 radical (unpaired) electrons. The molecule has 0 aliphatic carbocycles. The van der Waals surface area contributed by atoms with Gasteiger partial charge < -0.3 is 19.2 Å². The van der Waals surface area contributed by atoms with Gasteiger partial charge in [0.1, 0.15) is 11.5 Å². The number of hydrogen-bond donors (Lipinski definition) is 1. The standard InChI is InChI=1S/C21H23N3O4S/c1-13-8-9-18(26-4)16(10-13)22-19(25)12-29-21-24-23-20(28-21)11-27-17-7-5-6-14(2)15(17)3/h5-10H,11-12H2,1-4H3,(H,22,25). The second kappa shape index (κ2) is 9.47. The highest BCUT2D eigenvalue weighted by atomic mass is 32.2. The van der Waals surface area contributed by atoms with E-state index in [4.69, 9.17) is 13.9 Å². The summed E-state index contributed by atoms with van der Waals surface area (Å²) in [7, 11) is 1.56. The number of anilines is 1. The Labute approximate surface area is 173 Å². The van der Waals surface area contributed by atoms with Gasteiger partial charge in [-0.25, -0.2) is 0 Å². The first-order valence-corrected chi connectivity index (χ1v) is 10.0. The minimum atomic E-state index is -0.190. The topological polar surface area (TPSA) is 86.5 Å². The number of benzene rings is 2. The first-order valence-electron chi connectivity index (χ1n) is 9.05. The predicted molar refractivity (Wildman–Crippen MR) is 112 cm³/mol. The van der Waals surface area contributed by atoms with Gasteiger partial charge >= 0.3 is 0 Å². The molecule has 7 nitrogen and oxygen atoms in total. The van der Waals surface area contributed by atoms with Crippen LogP contribution < -0.4 is 14.8 Å². The number of hydrogen-bond acceptors (Lipinski definition) is 7. The normalized spacial score (nSPS) is 10.6. The molecule has 8 heteroatoms. The van der Waals surface area contributed by atoms with E-state index in [1.165, 1.54) is 0 Å². The fourth-order valence-corrected chi connectivity index (χ4v) is 3.19. The van der Waals surface area contributed by atoms with Crippen LogP contribution in [-0.4, -0.2) is 29.0 Å². The average molecular weight is 413 g/mol. The second-order valence-corrected chi connectivity index (χ2v) is 7.42. The second-order valence-electron chi connectivity index (χ2n) is 6.49. The maximum atomic E-state index is 12.3. The number of methoxy groups -OCH3 is 1. The maximum Gasteiger partial charge on any atom is 0.277 e. The summed E-state index contributed by atoms with van der Waals surface area (Å²) in [5, 5.41) is 11.1. The van der Waals surface area contributed by atoms with Crippen molar-refractivity contribution in [3.63, 3.8) is 0 Å². The molecular formula is C21H23N3O4S. The van der Waals surface area contributed by atoms with E-state index in [2.05, 4.69) is 15.5 Å². The van der Waals surface area contributed by atoms with Crippen LogP contribution in [-0.2, 0) is 11.4 Å². The van der Waals surface area contributed by atoms with Crippen molar-refractivity contribution in [2.24, 2.45) is 0 Å².